The summed E-state index contributed by atoms with van der Waals surface area (Å²) in [5.41, 5.74) is 0. The maximum atomic E-state index is 12.0. The number of carboxylic acid groups (broad SMARTS) is 1. The Hall–Kier alpha value is -0.710. The monoisotopic (exact) mass is 235 g/mol. The summed E-state index contributed by atoms with van der Waals surface area (Å²) in [7, 11) is 0. The largest absolute Gasteiger partial charge is 0.481 e. The number of rotatable bonds is 5. The summed E-state index contributed by atoms with van der Waals surface area (Å²) in [5, 5.41) is 8.69. The standard InChI is InChI=1S/C11H19F2NO2/c12-10(13)4-7-14-5-1-2-9(3-6-14)8-11(15)16/h9-10H,1-8H2,(H,15,16). The molecule has 3 nitrogen and oxygen atoms in total. The topological polar surface area (TPSA) is 40.5 Å². The minimum Gasteiger partial charge on any atom is -0.481 e. The molecular formula is C11H19F2NO2. The van der Waals surface area contributed by atoms with Crippen LogP contribution in [0.1, 0.15) is 32.1 Å². The first-order chi connectivity index (χ1) is 7.58. The zero-order chi connectivity index (χ0) is 12.0. The van der Waals surface area contributed by atoms with Gasteiger partial charge in [0.1, 0.15) is 0 Å². The van der Waals surface area contributed by atoms with Crippen molar-refractivity contribution < 1.29 is 18.7 Å². The molecule has 1 N–H and O–H groups in total. The SMILES string of the molecule is O=C(O)CC1CCCN(CCC(F)F)CC1. The smallest absolute Gasteiger partial charge is 0.303 e. The highest BCUT2D eigenvalue weighted by Crippen LogP contribution is 2.21. The number of aliphatic carboxylic acids is 1. The number of carboxylic acids is 1. The van der Waals surface area contributed by atoms with Gasteiger partial charge in [-0.15, -0.1) is 0 Å². The number of halogens is 2. The Morgan fingerprint density at radius 2 is 2.12 bits per heavy atom. The third kappa shape index (κ3) is 5.39. The Bertz CT molecular complexity index is 224. The van der Waals surface area contributed by atoms with Gasteiger partial charge in [0, 0.05) is 19.4 Å². The second-order valence-electron chi connectivity index (χ2n) is 4.42. The molecule has 1 rings (SSSR count). The lowest BCUT2D eigenvalue weighted by Crippen LogP contribution is -2.27. The predicted octanol–water partition coefficient (Wildman–Crippen LogP) is 2.22. The molecular weight excluding hydrogens is 216 g/mol. The van der Waals surface area contributed by atoms with E-state index >= 15 is 0 Å². The normalized spacial score (nSPS) is 23.3. The van der Waals surface area contributed by atoms with E-state index in [1.54, 1.807) is 0 Å². The van der Waals surface area contributed by atoms with Crippen LogP contribution in [0.15, 0.2) is 0 Å². The summed E-state index contributed by atoms with van der Waals surface area (Å²) in [5.74, 6) is -0.542. The van der Waals surface area contributed by atoms with Crippen LogP contribution < -0.4 is 0 Å². The molecule has 1 fully saturated rings. The Kier molecular flexibility index (Phi) is 5.66. The number of likely N-dealkylation sites (tertiary alicyclic amines) is 1. The van der Waals surface area contributed by atoms with Gasteiger partial charge in [0.2, 0.25) is 6.43 Å². The van der Waals surface area contributed by atoms with Crippen molar-refractivity contribution in [2.75, 3.05) is 19.6 Å². The van der Waals surface area contributed by atoms with Gasteiger partial charge in [-0.05, 0) is 38.3 Å². The van der Waals surface area contributed by atoms with Crippen LogP contribution in [-0.4, -0.2) is 42.0 Å². The van der Waals surface area contributed by atoms with Crippen molar-refractivity contribution in [3.63, 3.8) is 0 Å². The molecule has 1 unspecified atom stereocenters. The summed E-state index contributed by atoms with van der Waals surface area (Å²) in [6, 6.07) is 0. The maximum absolute atomic E-state index is 12.0. The molecule has 16 heavy (non-hydrogen) atoms. The summed E-state index contributed by atoms with van der Waals surface area (Å²) in [6.07, 6.45) is 0.526. The highest BCUT2D eigenvalue weighted by atomic mass is 19.3. The zero-order valence-corrected chi connectivity index (χ0v) is 9.37. The zero-order valence-electron chi connectivity index (χ0n) is 9.37. The van der Waals surface area contributed by atoms with Gasteiger partial charge in [0.25, 0.3) is 0 Å². The molecule has 0 bridgehead atoms. The van der Waals surface area contributed by atoms with Gasteiger partial charge in [-0.2, -0.15) is 0 Å². The summed E-state index contributed by atoms with van der Waals surface area (Å²) < 4.78 is 24.1. The molecule has 1 atom stereocenters. The molecule has 1 saturated heterocycles. The minimum absolute atomic E-state index is 0.0798. The molecule has 1 aliphatic heterocycles. The van der Waals surface area contributed by atoms with Crippen LogP contribution in [0.2, 0.25) is 0 Å². The average molecular weight is 235 g/mol. The van der Waals surface area contributed by atoms with Crippen molar-refractivity contribution in [2.45, 2.75) is 38.5 Å². The maximum Gasteiger partial charge on any atom is 0.303 e. The Labute approximate surface area is 94.4 Å². The van der Waals surface area contributed by atoms with E-state index < -0.39 is 12.4 Å². The first-order valence-corrected chi connectivity index (χ1v) is 5.80. The van der Waals surface area contributed by atoms with E-state index in [1.165, 1.54) is 0 Å². The predicted molar refractivity (Wildman–Crippen MR) is 56.7 cm³/mol. The fourth-order valence-corrected chi connectivity index (χ4v) is 2.18. The van der Waals surface area contributed by atoms with E-state index in [0.717, 1.165) is 32.4 Å². The van der Waals surface area contributed by atoms with Gasteiger partial charge < -0.3 is 10.0 Å². The van der Waals surface area contributed by atoms with Gasteiger partial charge >= 0.3 is 5.97 Å². The molecule has 0 aromatic heterocycles. The molecule has 0 amide bonds. The van der Waals surface area contributed by atoms with Crippen LogP contribution in [0.25, 0.3) is 0 Å². The second kappa shape index (κ2) is 6.78. The summed E-state index contributed by atoms with van der Waals surface area (Å²) >= 11 is 0. The number of nitrogens with zero attached hydrogens (tertiary/aromatic N) is 1. The molecule has 5 heteroatoms. The van der Waals surface area contributed by atoms with Crippen LogP contribution in [0, 0.1) is 5.92 Å². The lowest BCUT2D eigenvalue weighted by Gasteiger charge is -2.19. The van der Waals surface area contributed by atoms with Gasteiger partial charge in [0.05, 0.1) is 0 Å². The fourth-order valence-electron chi connectivity index (χ4n) is 2.18. The molecule has 0 aliphatic carbocycles. The van der Waals surface area contributed by atoms with Gasteiger partial charge in [-0.3, -0.25) is 4.79 Å². The van der Waals surface area contributed by atoms with Gasteiger partial charge in [-0.1, -0.05) is 0 Å². The molecule has 94 valence electrons. The Morgan fingerprint density at radius 1 is 1.38 bits per heavy atom. The van der Waals surface area contributed by atoms with Crippen molar-refractivity contribution in [2.24, 2.45) is 5.92 Å². The van der Waals surface area contributed by atoms with E-state index in [4.69, 9.17) is 5.11 Å². The van der Waals surface area contributed by atoms with Crippen molar-refractivity contribution in [1.29, 1.82) is 0 Å². The van der Waals surface area contributed by atoms with Crippen molar-refractivity contribution in [1.82, 2.24) is 4.90 Å². The first kappa shape index (κ1) is 13.4. The van der Waals surface area contributed by atoms with Gasteiger partial charge in [0.15, 0.2) is 0 Å². The molecule has 1 aliphatic rings. The highest BCUT2D eigenvalue weighted by Gasteiger charge is 2.19. The lowest BCUT2D eigenvalue weighted by molar-refractivity contribution is -0.138. The quantitative estimate of drug-likeness (QED) is 0.794. The molecule has 0 aromatic carbocycles. The van der Waals surface area contributed by atoms with Crippen LogP contribution in [0.4, 0.5) is 8.78 Å². The third-order valence-electron chi connectivity index (χ3n) is 3.07. The van der Waals surface area contributed by atoms with Crippen LogP contribution in [0.3, 0.4) is 0 Å². The summed E-state index contributed by atoms with van der Waals surface area (Å²) in [6.45, 7) is 2.00. The van der Waals surface area contributed by atoms with E-state index in [1.807, 2.05) is 4.90 Å². The fraction of sp³-hybridized carbons (Fsp3) is 0.909. The van der Waals surface area contributed by atoms with Crippen molar-refractivity contribution in [3.8, 4) is 0 Å². The Morgan fingerprint density at radius 3 is 2.75 bits per heavy atom. The molecule has 1 heterocycles. The van der Waals surface area contributed by atoms with Crippen LogP contribution in [-0.2, 0) is 4.79 Å². The number of carbonyl (C=O) groups is 1. The van der Waals surface area contributed by atoms with E-state index in [0.29, 0.717) is 6.54 Å². The van der Waals surface area contributed by atoms with Crippen LogP contribution in [0.5, 0.6) is 0 Å². The lowest BCUT2D eigenvalue weighted by atomic mass is 9.97. The van der Waals surface area contributed by atoms with E-state index in [-0.39, 0.29) is 18.8 Å². The third-order valence-corrected chi connectivity index (χ3v) is 3.07. The molecule has 0 radical (unpaired) electrons. The molecule has 0 saturated carbocycles. The average Bonchev–Trinajstić information content (AvgIpc) is 2.39. The molecule has 0 aromatic rings. The highest BCUT2D eigenvalue weighted by molar-refractivity contribution is 5.66. The van der Waals surface area contributed by atoms with Gasteiger partial charge in [-0.25, -0.2) is 8.78 Å². The minimum atomic E-state index is -2.24. The Balaban J connectivity index is 2.26. The number of alkyl halides is 2. The van der Waals surface area contributed by atoms with Crippen molar-refractivity contribution >= 4 is 5.97 Å². The molecule has 0 spiro atoms. The first-order valence-electron chi connectivity index (χ1n) is 5.80. The number of hydrogen-bond donors (Lipinski definition) is 1. The number of hydrogen-bond acceptors (Lipinski definition) is 2. The second-order valence-corrected chi connectivity index (χ2v) is 4.42. The van der Waals surface area contributed by atoms with Crippen molar-refractivity contribution in [3.05, 3.63) is 0 Å². The van der Waals surface area contributed by atoms with E-state index in [9.17, 15) is 13.6 Å². The van der Waals surface area contributed by atoms with Crippen LogP contribution >= 0.6 is 0 Å². The summed E-state index contributed by atoms with van der Waals surface area (Å²) in [4.78, 5) is 12.6. The van der Waals surface area contributed by atoms with E-state index in [2.05, 4.69) is 0 Å².